The number of benzene rings is 3. The lowest BCUT2D eigenvalue weighted by molar-refractivity contribution is 0.0966. The van der Waals surface area contributed by atoms with Crippen molar-refractivity contribution < 1.29 is 4.79 Å². The van der Waals surface area contributed by atoms with Crippen molar-refractivity contribution in [2.24, 2.45) is 0 Å². The van der Waals surface area contributed by atoms with E-state index in [0.717, 1.165) is 16.8 Å². The molecule has 4 rings (SSSR count). The van der Waals surface area contributed by atoms with Crippen molar-refractivity contribution in [1.82, 2.24) is 5.32 Å². The fraction of sp³-hybridized carbons (Fsp3) is 0.150. The maximum absolute atomic E-state index is 12.0. The van der Waals surface area contributed by atoms with Gasteiger partial charge in [0.1, 0.15) is 0 Å². The van der Waals surface area contributed by atoms with Crippen LogP contribution in [0.15, 0.2) is 54.6 Å². The minimum absolute atomic E-state index is 0.0118. The van der Waals surface area contributed by atoms with Crippen LogP contribution in [0.2, 0.25) is 0 Å². The van der Waals surface area contributed by atoms with Crippen LogP contribution in [0.5, 0.6) is 0 Å². The first-order valence-corrected chi connectivity index (χ1v) is 7.85. The second-order valence-electron chi connectivity index (χ2n) is 5.96. The van der Waals surface area contributed by atoms with E-state index in [0.29, 0.717) is 13.1 Å². The van der Waals surface area contributed by atoms with Crippen molar-refractivity contribution in [2.75, 3.05) is 5.32 Å². The average Bonchev–Trinajstić information content (AvgIpc) is 2.96. The van der Waals surface area contributed by atoms with Gasteiger partial charge in [-0.05, 0) is 40.5 Å². The molecule has 0 unspecified atom stereocenters. The molecule has 0 saturated carbocycles. The van der Waals surface area contributed by atoms with Gasteiger partial charge in [0.2, 0.25) is 0 Å². The minimum Gasteiger partial charge on any atom is -0.380 e. The second-order valence-corrected chi connectivity index (χ2v) is 5.96. The third kappa shape index (κ3) is 2.34. The zero-order chi connectivity index (χ0) is 15.8. The molecule has 0 fully saturated rings. The van der Waals surface area contributed by atoms with Crippen LogP contribution >= 0.6 is 0 Å². The molecule has 3 aromatic rings. The molecule has 114 valence electrons. The van der Waals surface area contributed by atoms with Gasteiger partial charge >= 0.3 is 0 Å². The Hall–Kier alpha value is -2.81. The quantitative estimate of drug-likeness (QED) is 0.767. The Morgan fingerprint density at radius 1 is 1.04 bits per heavy atom. The van der Waals surface area contributed by atoms with Gasteiger partial charge < -0.3 is 10.6 Å². The van der Waals surface area contributed by atoms with Gasteiger partial charge in [0.05, 0.1) is 5.56 Å². The van der Waals surface area contributed by atoms with Gasteiger partial charge in [0.15, 0.2) is 0 Å². The molecular formula is C20H18N2O. The molecule has 0 spiro atoms. The SMILES string of the molecule is Cc1ccc2ccccc2c1CNc1cccc2c1C(=O)NC2. The molecule has 0 atom stereocenters. The van der Waals surface area contributed by atoms with Gasteiger partial charge in [0, 0.05) is 18.8 Å². The lowest BCUT2D eigenvalue weighted by Crippen LogP contribution is -2.14. The van der Waals surface area contributed by atoms with Gasteiger partial charge in [-0.25, -0.2) is 0 Å². The highest BCUT2D eigenvalue weighted by atomic mass is 16.1. The summed E-state index contributed by atoms with van der Waals surface area (Å²) in [5, 5.41) is 8.85. The van der Waals surface area contributed by atoms with Gasteiger partial charge in [-0.1, -0.05) is 48.5 Å². The summed E-state index contributed by atoms with van der Waals surface area (Å²) in [5.74, 6) is 0.0118. The van der Waals surface area contributed by atoms with Gasteiger partial charge in [0.25, 0.3) is 5.91 Å². The Balaban J connectivity index is 1.70. The first-order chi connectivity index (χ1) is 11.2. The van der Waals surface area contributed by atoms with E-state index in [2.05, 4.69) is 54.0 Å². The van der Waals surface area contributed by atoms with E-state index >= 15 is 0 Å². The molecule has 0 aromatic heterocycles. The van der Waals surface area contributed by atoms with Gasteiger partial charge in [-0.3, -0.25) is 4.79 Å². The monoisotopic (exact) mass is 302 g/mol. The first kappa shape index (κ1) is 13.8. The fourth-order valence-corrected chi connectivity index (χ4v) is 3.29. The molecule has 3 heteroatoms. The Bertz CT molecular complexity index is 915. The van der Waals surface area contributed by atoms with Crippen LogP contribution in [-0.4, -0.2) is 5.91 Å². The highest BCUT2D eigenvalue weighted by Crippen LogP contribution is 2.27. The summed E-state index contributed by atoms with van der Waals surface area (Å²) >= 11 is 0. The maximum atomic E-state index is 12.0. The molecule has 2 N–H and O–H groups in total. The Morgan fingerprint density at radius 3 is 2.83 bits per heavy atom. The van der Waals surface area contributed by atoms with E-state index in [9.17, 15) is 4.79 Å². The number of hydrogen-bond donors (Lipinski definition) is 2. The summed E-state index contributed by atoms with van der Waals surface area (Å²) in [6.45, 7) is 3.46. The van der Waals surface area contributed by atoms with Gasteiger partial charge in [-0.2, -0.15) is 0 Å². The molecule has 1 aliphatic heterocycles. The van der Waals surface area contributed by atoms with Crippen molar-refractivity contribution >= 4 is 22.4 Å². The standard InChI is InChI=1S/C20H18N2O/c1-13-9-10-14-5-2-3-7-16(14)17(13)12-21-18-8-4-6-15-11-22-20(23)19(15)18/h2-10,21H,11-12H2,1H3,(H,22,23). The molecule has 0 saturated heterocycles. The number of aryl methyl sites for hydroxylation is 1. The second kappa shape index (κ2) is 5.43. The van der Waals surface area contributed by atoms with Crippen LogP contribution in [0.25, 0.3) is 10.8 Å². The number of fused-ring (bicyclic) bond motifs is 2. The number of amides is 1. The highest BCUT2D eigenvalue weighted by molar-refractivity contribution is 6.03. The molecule has 1 heterocycles. The van der Waals surface area contributed by atoms with Crippen molar-refractivity contribution in [3.8, 4) is 0 Å². The molecule has 23 heavy (non-hydrogen) atoms. The lowest BCUT2D eigenvalue weighted by atomic mass is 9.99. The topological polar surface area (TPSA) is 41.1 Å². The lowest BCUT2D eigenvalue weighted by Gasteiger charge is -2.14. The Labute approximate surface area is 135 Å². The molecule has 1 aliphatic rings. The number of carbonyl (C=O) groups excluding carboxylic acids is 1. The molecule has 0 radical (unpaired) electrons. The number of hydrogen-bond acceptors (Lipinski definition) is 2. The van der Waals surface area contributed by atoms with Gasteiger partial charge in [-0.15, -0.1) is 0 Å². The number of anilines is 1. The number of nitrogens with one attached hydrogen (secondary N) is 2. The van der Waals surface area contributed by atoms with E-state index in [1.165, 1.54) is 21.9 Å². The third-order valence-electron chi connectivity index (χ3n) is 4.55. The number of carbonyl (C=O) groups is 1. The predicted octanol–water partition coefficient (Wildman–Crippen LogP) is 4.00. The fourth-order valence-electron chi connectivity index (χ4n) is 3.29. The minimum atomic E-state index is 0.0118. The van der Waals surface area contributed by atoms with Crippen LogP contribution in [0.3, 0.4) is 0 Å². The van der Waals surface area contributed by atoms with E-state index in [-0.39, 0.29) is 5.91 Å². The van der Waals surface area contributed by atoms with E-state index < -0.39 is 0 Å². The molecule has 0 aliphatic carbocycles. The van der Waals surface area contributed by atoms with Crippen molar-refractivity contribution in [3.05, 3.63) is 76.9 Å². The highest BCUT2D eigenvalue weighted by Gasteiger charge is 2.22. The van der Waals surface area contributed by atoms with Crippen LogP contribution in [0, 0.1) is 6.92 Å². The average molecular weight is 302 g/mol. The summed E-state index contributed by atoms with van der Waals surface area (Å²) in [5.41, 5.74) is 5.29. The summed E-state index contributed by atoms with van der Waals surface area (Å²) in [4.78, 5) is 12.0. The van der Waals surface area contributed by atoms with Crippen molar-refractivity contribution in [2.45, 2.75) is 20.0 Å². The predicted molar refractivity (Wildman–Crippen MR) is 93.6 cm³/mol. The van der Waals surface area contributed by atoms with Crippen molar-refractivity contribution in [1.29, 1.82) is 0 Å². The Morgan fingerprint density at radius 2 is 1.91 bits per heavy atom. The summed E-state index contributed by atoms with van der Waals surface area (Å²) in [6.07, 6.45) is 0. The van der Waals surface area contributed by atoms with E-state index in [1.807, 2.05) is 18.2 Å². The summed E-state index contributed by atoms with van der Waals surface area (Å²) in [7, 11) is 0. The molecule has 3 nitrogen and oxygen atoms in total. The first-order valence-electron chi connectivity index (χ1n) is 7.85. The van der Waals surface area contributed by atoms with E-state index in [4.69, 9.17) is 0 Å². The molecule has 3 aromatic carbocycles. The summed E-state index contributed by atoms with van der Waals surface area (Å²) in [6, 6.07) is 18.7. The van der Waals surface area contributed by atoms with Crippen LogP contribution in [-0.2, 0) is 13.1 Å². The molecule has 1 amide bonds. The maximum Gasteiger partial charge on any atom is 0.253 e. The Kier molecular flexibility index (Phi) is 3.27. The zero-order valence-electron chi connectivity index (χ0n) is 13.0. The smallest absolute Gasteiger partial charge is 0.253 e. The normalized spacial score (nSPS) is 13.0. The zero-order valence-corrected chi connectivity index (χ0v) is 13.0. The number of rotatable bonds is 3. The summed E-state index contributed by atoms with van der Waals surface area (Å²) < 4.78 is 0. The van der Waals surface area contributed by atoms with Crippen LogP contribution < -0.4 is 10.6 Å². The van der Waals surface area contributed by atoms with Crippen molar-refractivity contribution in [3.63, 3.8) is 0 Å². The largest absolute Gasteiger partial charge is 0.380 e. The third-order valence-corrected chi connectivity index (χ3v) is 4.55. The van der Waals surface area contributed by atoms with E-state index in [1.54, 1.807) is 0 Å². The molecular weight excluding hydrogens is 284 g/mol. The van der Waals surface area contributed by atoms with Crippen LogP contribution in [0.1, 0.15) is 27.0 Å². The van der Waals surface area contributed by atoms with Crippen LogP contribution in [0.4, 0.5) is 5.69 Å². The molecule has 0 bridgehead atoms.